The van der Waals surface area contributed by atoms with Crippen LogP contribution in [-0.2, 0) is 6.42 Å². The van der Waals surface area contributed by atoms with Gasteiger partial charge in [0.05, 0.1) is 13.7 Å². The molecular weight excluding hydrogens is 477 g/mol. The van der Waals surface area contributed by atoms with Gasteiger partial charge in [0.1, 0.15) is 10.8 Å². The highest BCUT2D eigenvalue weighted by atomic mass is 127. The van der Waals surface area contributed by atoms with Gasteiger partial charge in [0, 0.05) is 18.5 Å². The third-order valence-corrected chi connectivity index (χ3v) is 5.02. The Hall–Kier alpha value is -1.59. The number of carbonyl (C=O) groups is 1. The molecule has 0 amide bonds. The molecule has 27 heavy (non-hydrogen) atoms. The van der Waals surface area contributed by atoms with Crippen molar-refractivity contribution in [1.82, 2.24) is 15.5 Å². The van der Waals surface area contributed by atoms with Crippen molar-refractivity contribution >= 4 is 28.2 Å². The second kappa shape index (κ2) is 10.1. The molecule has 2 aromatic rings. The van der Waals surface area contributed by atoms with Gasteiger partial charge in [0.25, 0.3) is 0 Å². The summed E-state index contributed by atoms with van der Waals surface area (Å²) in [5.41, 5.74) is 0.647. The summed E-state index contributed by atoms with van der Waals surface area (Å²) in [6, 6.07) is 7.16. The van der Waals surface area contributed by atoms with Crippen LogP contribution in [0.15, 0.2) is 29.3 Å². The van der Waals surface area contributed by atoms with Crippen molar-refractivity contribution in [1.29, 1.82) is 0 Å². The van der Waals surface area contributed by atoms with E-state index in [4.69, 9.17) is 4.74 Å². The Kier molecular flexibility index (Phi) is 8.11. The lowest BCUT2D eigenvalue weighted by Crippen LogP contribution is -3.12. The first kappa shape index (κ1) is 21.7. The largest absolute Gasteiger partial charge is 1.00 e. The van der Waals surface area contributed by atoms with Crippen LogP contribution in [0.3, 0.4) is 0 Å². The molecule has 1 aliphatic rings. The molecule has 0 saturated heterocycles. The maximum absolute atomic E-state index is 12.8. The summed E-state index contributed by atoms with van der Waals surface area (Å²) < 4.78 is 5.15. The molecule has 2 N–H and O–H groups in total. The lowest BCUT2D eigenvalue weighted by molar-refractivity contribution is -0.722. The highest BCUT2D eigenvalue weighted by molar-refractivity contribution is 7.14. The van der Waals surface area contributed by atoms with E-state index in [9.17, 15) is 4.79 Å². The first-order chi connectivity index (χ1) is 12.6. The van der Waals surface area contributed by atoms with E-state index >= 15 is 0 Å². The first-order valence-electron chi connectivity index (χ1n) is 8.71. The Morgan fingerprint density at radius 1 is 1.30 bits per heavy atom. The first-order valence-corrected chi connectivity index (χ1v) is 9.53. The minimum absolute atomic E-state index is 0. The van der Waals surface area contributed by atoms with Crippen molar-refractivity contribution in [2.24, 2.45) is 10.9 Å². The molecule has 1 atom stereocenters. The number of guanidine groups is 1. The van der Waals surface area contributed by atoms with E-state index in [1.165, 1.54) is 0 Å². The molecule has 9 heteroatoms. The highest BCUT2D eigenvalue weighted by Crippen LogP contribution is 2.16. The van der Waals surface area contributed by atoms with Gasteiger partial charge in [0.15, 0.2) is 6.54 Å². The van der Waals surface area contributed by atoms with Crippen LogP contribution in [0.2, 0.25) is 0 Å². The average molecular weight is 501 g/mol. The SMILES string of the molecule is COc1ccc(C(=O)C[NH+](C2=NCCN2)c2nnc(CC(C)C)s2)cc1.[I-]. The molecule has 0 fully saturated rings. The van der Waals surface area contributed by atoms with Crippen molar-refractivity contribution in [3.8, 4) is 5.75 Å². The Labute approximate surface area is 180 Å². The van der Waals surface area contributed by atoms with Crippen LogP contribution in [0.5, 0.6) is 5.75 Å². The van der Waals surface area contributed by atoms with Crippen molar-refractivity contribution in [3.05, 3.63) is 34.8 Å². The average Bonchev–Trinajstić information content (AvgIpc) is 3.31. The summed E-state index contributed by atoms with van der Waals surface area (Å²) in [7, 11) is 1.61. The number of Topliss-reactive ketones (excluding diaryl/α,β-unsaturated/α-hetero) is 1. The van der Waals surface area contributed by atoms with Gasteiger partial charge < -0.3 is 34.0 Å². The highest BCUT2D eigenvalue weighted by Gasteiger charge is 2.29. The molecule has 1 aromatic carbocycles. The number of quaternary nitrogens is 1. The van der Waals surface area contributed by atoms with Crippen LogP contribution in [-0.4, -0.2) is 48.7 Å². The number of hydrogen-bond acceptors (Lipinski definition) is 7. The summed E-state index contributed by atoms with van der Waals surface area (Å²) in [6.07, 6.45) is 0.886. The van der Waals surface area contributed by atoms with Crippen LogP contribution < -0.4 is 38.9 Å². The van der Waals surface area contributed by atoms with Crippen molar-refractivity contribution in [2.45, 2.75) is 20.3 Å². The predicted octanol–water partition coefficient (Wildman–Crippen LogP) is -1.89. The van der Waals surface area contributed by atoms with Crippen LogP contribution in [0.25, 0.3) is 0 Å². The zero-order chi connectivity index (χ0) is 18.5. The lowest BCUT2D eigenvalue weighted by atomic mass is 10.1. The maximum atomic E-state index is 12.8. The number of ether oxygens (including phenoxy) is 1. The summed E-state index contributed by atoms with van der Waals surface area (Å²) in [5.74, 6) is 2.04. The van der Waals surface area contributed by atoms with Gasteiger partial charge in [-0.1, -0.05) is 18.9 Å². The number of rotatable bonds is 7. The molecule has 1 aromatic heterocycles. The Balaban J connectivity index is 0.00000261. The molecule has 0 saturated carbocycles. The lowest BCUT2D eigenvalue weighted by Gasteiger charge is -2.14. The molecule has 0 spiro atoms. The Morgan fingerprint density at radius 2 is 2.04 bits per heavy atom. The van der Waals surface area contributed by atoms with Gasteiger partial charge in [-0.15, -0.1) is 5.10 Å². The van der Waals surface area contributed by atoms with E-state index in [1.54, 1.807) is 42.7 Å². The number of benzene rings is 1. The second-order valence-corrected chi connectivity index (χ2v) is 7.63. The number of nitrogens with zero attached hydrogens (tertiary/aromatic N) is 3. The number of methoxy groups -OCH3 is 1. The van der Waals surface area contributed by atoms with Crippen molar-refractivity contribution in [3.63, 3.8) is 0 Å². The molecule has 146 valence electrons. The standard InChI is InChI=1S/C18H23N5O2S.HI/c1-12(2)10-16-21-22-18(26-16)23(17-19-8-9-20-17)11-15(24)13-4-6-14(25-3)7-5-13;/h4-7,12H,8-11H2,1-3H3,(H,19,20);1H. The van der Waals surface area contributed by atoms with Crippen LogP contribution in [0.1, 0.15) is 29.2 Å². The van der Waals surface area contributed by atoms with Gasteiger partial charge in [0.2, 0.25) is 5.78 Å². The third kappa shape index (κ3) is 5.69. The van der Waals surface area contributed by atoms with E-state index in [1.807, 2.05) is 0 Å². The molecule has 0 radical (unpaired) electrons. The van der Waals surface area contributed by atoms with Gasteiger partial charge in [-0.05, 0) is 41.5 Å². The van der Waals surface area contributed by atoms with Crippen molar-refractivity contribution in [2.75, 3.05) is 26.7 Å². The fourth-order valence-electron chi connectivity index (χ4n) is 2.71. The van der Waals surface area contributed by atoms with Gasteiger partial charge in [-0.3, -0.25) is 4.79 Å². The fraction of sp³-hybridized carbons (Fsp3) is 0.444. The fourth-order valence-corrected chi connectivity index (χ4v) is 3.80. The second-order valence-electron chi connectivity index (χ2n) is 6.56. The van der Waals surface area contributed by atoms with E-state index < -0.39 is 0 Å². The van der Waals surface area contributed by atoms with E-state index in [2.05, 4.69) is 34.4 Å². The summed E-state index contributed by atoms with van der Waals surface area (Å²) in [5, 5.41) is 13.6. The number of ketones is 1. The monoisotopic (exact) mass is 501 g/mol. The maximum Gasteiger partial charge on any atom is 0.313 e. The molecule has 3 rings (SSSR count). The topological polar surface area (TPSA) is 80.9 Å². The zero-order valence-electron chi connectivity index (χ0n) is 15.7. The number of halogens is 1. The van der Waals surface area contributed by atoms with E-state index in [0.29, 0.717) is 18.0 Å². The molecular formula is C18H24IN5O2S. The number of carbonyl (C=O) groups excluding carboxylic acids is 1. The smallest absolute Gasteiger partial charge is 0.313 e. The predicted molar refractivity (Wildman–Crippen MR) is 102 cm³/mol. The van der Waals surface area contributed by atoms with Crippen LogP contribution >= 0.6 is 11.3 Å². The minimum Gasteiger partial charge on any atom is -1.00 e. The zero-order valence-corrected chi connectivity index (χ0v) is 18.6. The van der Waals surface area contributed by atoms with Gasteiger partial charge >= 0.3 is 11.1 Å². The summed E-state index contributed by atoms with van der Waals surface area (Å²) >= 11 is 1.55. The number of hydrogen-bond donors (Lipinski definition) is 2. The third-order valence-electron chi connectivity index (χ3n) is 4.02. The quantitative estimate of drug-likeness (QED) is 0.343. The number of aliphatic imine (C=N–C) groups is 1. The van der Waals surface area contributed by atoms with Crippen LogP contribution in [0, 0.1) is 5.92 Å². The van der Waals surface area contributed by atoms with Crippen molar-refractivity contribution < 1.29 is 38.4 Å². The minimum atomic E-state index is 0. The van der Waals surface area contributed by atoms with Crippen LogP contribution in [0.4, 0.5) is 5.13 Å². The van der Waals surface area contributed by atoms with Gasteiger partial charge in [-0.25, -0.2) is 9.89 Å². The molecule has 0 bridgehead atoms. The Bertz CT molecular complexity index is 791. The molecule has 0 aliphatic carbocycles. The molecule has 7 nitrogen and oxygen atoms in total. The molecule has 1 unspecified atom stereocenters. The number of aromatic nitrogens is 2. The molecule has 1 aliphatic heterocycles. The van der Waals surface area contributed by atoms with E-state index in [0.717, 1.165) is 39.7 Å². The Morgan fingerprint density at radius 3 is 2.63 bits per heavy atom. The summed E-state index contributed by atoms with van der Waals surface area (Å²) in [4.78, 5) is 18.1. The van der Waals surface area contributed by atoms with E-state index in [-0.39, 0.29) is 36.3 Å². The number of nitrogens with one attached hydrogen (secondary N) is 2. The normalized spacial score (nSPS) is 14.3. The summed E-state index contributed by atoms with van der Waals surface area (Å²) in [6.45, 7) is 6.05. The molecule has 2 heterocycles. The van der Waals surface area contributed by atoms with Gasteiger partial charge in [-0.2, -0.15) is 0 Å².